The molecule has 3 heterocycles. The third kappa shape index (κ3) is 3.73. The molecule has 2 aromatic heterocycles. The number of nitrogens with zero attached hydrogens (tertiary/aromatic N) is 3. The molecule has 0 spiro atoms. The van der Waals surface area contributed by atoms with Crippen LogP contribution < -0.4 is 4.74 Å². The Bertz CT molecular complexity index is 987. The predicted octanol–water partition coefficient (Wildman–Crippen LogP) is 3.87. The van der Waals surface area contributed by atoms with Crippen molar-refractivity contribution in [1.82, 2.24) is 15.0 Å². The van der Waals surface area contributed by atoms with Gasteiger partial charge in [-0.1, -0.05) is 17.3 Å². The number of amides is 1. The van der Waals surface area contributed by atoms with Crippen molar-refractivity contribution >= 4 is 5.91 Å². The maximum Gasteiger partial charge on any atom is 0.276 e. The molecule has 0 aliphatic carbocycles. The Morgan fingerprint density at radius 2 is 2.03 bits per heavy atom. The van der Waals surface area contributed by atoms with Crippen molar-refractivity contribution in [2.75, 3.05) is 20.3 Å². The number of carbonyl (C=O) groups is 1. The van der Waals surface area contributed by atoms with E-state index in [0.29, 0.717) is 30.2 Å². The molecule has 150 valence electrons. The monoisotopic (exact) mass is 393 g/mol. The lowest BCUT2D eigenvalue weighted by Crippen LogP contribution is -2.36. The van der Waals surface area contributed by atoms with Crippen molar-refractivity contribution in [3.05, 3.63) is 65.6 Å². The standard InChI is InChI=1S/C22H23N3O4/c1-15(16-8-10-23-11-9-16)25(12-5-13-27-2)22(26)20-18-14-28-19-7-4-3-6-17(19)21(18)29-24-20/h3-4,6-11,15H,5,12-14H2,1-2H3. The molecule has 0 saturated heterocycles. The molecule has 7 heteroatoms. The third-order valence-corrected chi connectivity index (χ3v) is 5.16. The van der Waals surface area contributed by atoms with Gasteiger partial charge in [-0.05, 0) is 43.2 Å². The molecule has 1 aliphatic rings. The minimum Gasteiger partial charge on any atom is -0.488 e. The lowest BCUT2D eigenvalue weighted by Gasteiger charge is -2.29. The maximum absolute atomic E-state index is 13.5. The summed E-state index contributed by atoms with van der Waals surface area (Å²) in [5.74, 6) is 1.15. The highest BCUT2D eigenvalue weighted by Crippen LogP contribution is 2.39. The topological polar surface area (TPSA) is 77.7 Å². The maximum atomic E-state index is 13.5. The van der Waals surface area contributed by atoms with Crippen LogP contribution in [0.1, 0.15) is 41.0 Å². The average Bonchev–Trinajstić information content (AvgIpc) is 3.21. The van der Waals surface area contributed by atoms with Crippen LogP contribution in [-0.4, -0.2) is 41.2 Å². The van der Waals surface area contributed by atoms with Crippen molar-refractivity contribution in [2.45, 2.75) is 26.0 Å². The summed E-state index contributed by atoms with van der Waals surface area (Å²) in [4.78, 5) is 19.4. The normalized spacial score (nSPS) is 13.2. The van der Waals surface area contributed by atoms with E-state index in [1.807, 2.05) is 43.3 Å². The summed E-state index contributed by atoms with van der Waals surface area (Å²) in [5, 5.41) is 4.13. The minimum absolute atomic E-state index is 0.147. The van der Waals surface area contributed by atoms with E-state index in [1.54, 1.807) is 24.4 Å². The fourth-order valence-corrected chi connectivity index (χ4v) is 3.56. The lowest BCUT2D eigenvalue weighted by atomic mass is 10.0. The van der Waals surface area contributed by atoms with Gasteiger partial charge >= 0.3 is 0 Å². The molecule has 1 aromatic carbocycles. The van der Waals surface area contributed by atoms with E-state index in [2.05, 4.69) is 10.1 Å². The number of aromatic nitrogens is 2. The van der Waals surface area contributed by atoms with Gasteiger partial charge in [0.1, 0.15) is 12.4 Å². The number of benzene rings is 1. The molecule has 0 N–H and O–H groups in total. The molecule has 0 saturated carbocycles. The first-order valence-electron chi connectivity index (χ1n) is 9.61. The molecule has 0 radical (unpaired) electrons. The zero-order valence-corrected chi connectivity index (χ0v) is 16.5. The molecule has 1 unspecified atom stereocenters. The molecule has 4 rings (SSSR count). The molecule has 1 amide bonds. The van der Waals surface area contributed by atoms with E-state index >= 15 is 0 Å². The molecule has 0 bridgehead atoms. The van der Waals surface area contributed by atoms with Crippen molar-refractivity contribution in [3.8, 4) is 17.1 Å². The van der Waals surface area contributed by atoms with Gasteiger partial charge < -0.3 is 18.9 Å². The zero-order chi connectivity index (χ0) is 20.2. The molecule has 0 fully saturated rings. The van der Waals surface area contributed by atoms with Crippen LogP contribution >= 0.6 is 0 Å². The molecule has 1 aliphatic heterocycles. The number of hydrogen-bond acceptors (Lipinski definition) is 6. The second-order valence-corrected chi connectivity index (χ2v) is 6.93. The minimum atomic E-state index is -0.182. The third-order valence-electron chi connectivity index (χ3n) is 5.16. The van der Waals surface area contributed by atoms with Crippen molar-refractivity contribution in [2.24, 2.45) is 0 Å². The van der Waals surface area contributed by atoms with E-state index in [-0.39, 0.29) is 18.6 Å². The summed E-state index contributed by atoms with van der Waals surface area (Å²) in [5.41, 5.74) is 2.80. The summed E-state index contributed by atoms with van der Waals surface area (Å²) in [6.07, 6.45) is 4.18. The highest BCUT2D eigenvalue weighted by Gasteiger charge is 2.32. The van der Waals surface area contributed by atoms with E-state index in [0.717, 1.165) is 23.3 Å². The van der Waals surface area contributed by atoms with Gasteiger partial charge in [-0.2, -0.15) is 0 Å². The molecule has 1 atom stereocenters. The summed E-state index contributed by atoms with van der Waals surface area (Å²) in [6, 6.07) is 11.3. The summed E-state index contributed by atoms with van der Waals surface area (Å²) < 4.78 is 16.6. The molecule has 7 nitrogen and oxygen atoms in total. The summed E-state index contributed by atoms with van der Waals surface area (Å²) in [7, 11) is 1.65. The van der Waals surface area contributed by atoms with Crippen molar-refractivity contribution in [1.29, 1.82) is 0 Å². The Balaban J connectivity index is 1.66. The van der Waals surface area contributed by atoms with Crippen molar-refractivity contribution < 1.29 is 18.8 Å². The Hall–Kier alpha value is -3.19. The number of carbonyl (C=O) groups excluding carboxylic acids is 1. The quantitative estimate of drug-likeness (QED) is 0.567. The van der Waals surface area contributed by atoms with Crippen LogP contribution in [0.15, 0.2) is 53.3 Å². The number of methoxy groups -OCH3 is 1. The van der Waals surface area contributed by atoms with Gasteiger partial charge in [-0.15, -0.1) is 0 Å². The molecule has 3 aromatic rings. The first-order valence-corrected chi connectivity index (χ1v) is 9.61. The zero-order valence-electron chi connectivity index (χ0n) is 16.5. The second kappa shape index (κ2) is 8.45. The van der Waals surface area contributed by atoms with Gasteiger partial charge in [0, 0.05) is 32.7 Å². The molecule has 29 heavy (non-hydrogen) atoms. The largest absolute Gasteiger partial charge is 0.488 e. The van der Waals surface area contributed by atoms with Gasteiger partial charge in [-0.3, -0.25) is 9.78 Å². The second-order valence-electron chi connectivity index (χ2n) is 6.93. The lowest BCUT2D eigenvalue weighted by molar-refractivity contribution is 0.0654. The van der Waals surface area contributed by atoms with E-state index in [9.17, 15) is 4.79 Å². The number of rotatable bonds is 7. The van der Waals surface area contributed by atoms with Crippen LogP contribution in [0.3, 0.4) is 0 Å². The number of hydrogen-bond donors (Lipinski definition) is 0. The Morgan fingerprint density at radius 1 is 1.24 bits per heavy atom. The smallest absolute Gasteiger partial charge is 0.276 e. The van der Waals surface area contributed by atoms with Crippen LogP contribution in [0.25, 0.3) is 11.3 Å². The SMILES string of the molecule is COCCCN(C(=O)c1noc2c1COc1ccccc1-2)C(C)c1ccncc1. The van der Waals surface area contributed by atoms with Gasteiger partial charge in [0.25, 0.3) is 5.91 Å². The van der Waals surface area contributed by atoms with Crippen LogP contribution in [0.2, 0.25) is 0 Å². The van der Waals surface area contributed by atoms with Gasteiger partial charge in [0.15, 0.2) is 11.5 Å². The Kier molecular flexibility index (Phi) is 5.57. The van der Waals surface area contributed by atoms with Gasteiger partial charge in [0.2, 0.25) is 0 Å². The highest BCUT2D eigenvalue weighted by molar-refractivity contribution is 5.96. The molecular weight excluding hydrogens is 370 g/mol. The van der Waals surface area contributed by atoms with Crippen molar-refractivity contribution in [3.63, 3.8) is 0 Å². The highest BCUT2D eigenvalue weighted by atomic mass is 16.5. The number of para-hydroxylation sites is 1. The van der Waals surface area contributed by atoms with Crippen LogP contribution in [0.4, 0.5) is 0 Å². The number of pyridine rings is 1. The Labute approximate surface area is 169 Å². The first-order chi connectivity index (χ1) is 14.2. The van der Waals surface area contributed by atoms with Gasteiger partial charge in [0.05, 0.1) is 17.2 Å². The van der Waals surface area contributed by atoms with Crippen LogP contribution in [0, 0.1) is 0 Å². The van der Waals surface area contributed by atoms with Gasteiger partial charge in [-0.25, -0.2) is 0 Å². The van der Waals surface area contributed by atoms with Crippen LogP contribution in [-0.2, 0) is 11.3 Å². The summed E-state index contributed by atoms with van der Waals surface area (Å²) >= 11 is 0. The first kappa shape index (κ1) is 19.1. The van der Waals surface area contributed by atoms with E-state index < -0.39 is 0 Å². The fourth-order valence-electron chi connectivity index (χ4n) is 3.56. The predicted molar refractivity (Wildman–Crippen MR) is 106 cm³/mol. The Morgan fingerprint density at radius 3 is 2.83 bits per heavy atom. The summed E-state index contributed by atoms with van der Waals surface area (Å²) in [6.45, 7) is 3.36. The molecular formula is C22H23N3O4. The average molecular weight is 393 g/mol. The number of ether oxygens (including phenoxy) is 2. The number of fused-ring (bicyclic) bond motifs is 3. The van der Waals surface area contributed by atoms with E-state index in [1.165, 1.54) is 0 Å². The van der Waals surface area contributed by atoms with Crippen LogP contribution in [0.5, 0.6) is 5.75 Å². The van der Waals surface area contributed by atoms with E-state index in [4.69, 9.17) is 14.0 Å². The fraction of sp³-hybridized carbons (Fsp3) is 0.318.